The summed E-state index contributed by atoms with van der Waals surface area (Å²) in [6.07, 6.45) is 2.18. The van der Waals surface area contributed by atoms with Crippen LogP contribution in [0, 0.1) is 19.7 Å². The van der Waals surface area contributed by atoms with Crippen molar-refractivity contribution in [2.24, 2.45) is 7.05 Å². The molecular formula is C20H22FN3O3S. The van der Waals surface area contributed by atoms with Crippen molar-refractivity contribution in [2.45, 2.75) is 27.2 Å². The Morgan fingerprint density at radius 3 is 2.71 bits per heavy atom. The van der Waals surface area contributed by atoms with Crippen molar-refractivity contribution < 1.29 is 13.3 Å². The molecule has 8 heteroatoms. The average molecular weight is 403 g/mol. The molecule has 1 heterocycles. The topological polar surface area (TPSA) is 73.2 Å². The molecule has 0 fully saturated rings. The van der Waals surface area contributed by atoms with Gasteiger partial charge in [-0.1, -0.05) is 6.92 Å². The van der Waals surface area contributed by atoms with Crippen molar-refractivity contribution in [1.82, 2.24) is 9.55 Å². The van der Waals surface area contributed by atoms with Crippen LogP contribution >= 0.6 is 0 Å². The van der Waals surface area contributed by atoms with E-state index in [2.05, 4.69) is 9.71 Å². The molecule has 2 aromatic carbocycles. The summed E-state index contributed by atoms with van der Waals surface area (Å²) in [4.78, 5) is 16.7. The third-order valence-electron chi connectivity index (χ3n) is 4.31. The van der Waals surface area contributed by atoms with Gasteiger partial charge < -0.3 is 14.0 Å². The van der Waals surface area contributed by atoms with Gasteiger partial charge in [0.2, 0.25) is 0 Å². The molecule has 3 rings (SSSR count). The summed E-state index contributed by atoms with van der Waals surface area (Å²) in [5.41, 5.74) is 1.81. The van der Waals surface area contributed by atoms with E-state index >= 15 is 0 Å². The first kappa shape index (κ1) is 20.0. The van der Waals surface area contributed by atoms with Crippen LogP contribution in [0.1, 0.15) is 24.5 Å². The zero-order valence-electron chi connectivity index (χ0n) is 16.2. The molecule has 1 N–H and O–H groups in total. The number of fused-ring (bicyclic) bond motifs is 1. The number of benzene rings is 2. The van der Waals surface area contributed by atoms with E-state index in [1.54, 1.807) is 45.2 Å². The monoisotopic (exact) mass is 403 g/mol. The first-order valence-electron chi connectivity index (χ1n) is 8.89. The lowest BCUT2D eigenvalue weighted by molar-refractivity contribution is 0.441. The van der Waals surface area contributed by atoms with E-state index in [0.29, 0.717) is 28.0 Å². The maximum absolute atomic E-state index is 14.9. The van der Waals surface area contributed by atoms with Crippen LogP contribution in [-0.2, 0) is 18.0 Å². The van der Waals surface area contributed by atoms with Crippen molar-refractivity contribution in [2.75, 3.05) is 10.5 Å². The number of ether oxygens (including phenoxy) is 1. The molecule has 6 nitrogen and oxygen atoms in total. The Labute approximate surface area is 165 Å². The van der Waals surface area contributed by atoms with Crippen LogP contribution in [0.3, 0.4) is 0 Å². The smallest absolute Gasteiger partial charge is 0.261 e. The first-order valence-corrected chi connectivity index (χ1v) is 10.2. The molecule has 0 aliphatic rings. The summed E-state index contributed by atoms with van der Waals surface area (Å²) in [5, 5.41) is 0.429. The number of nitrogens with zero attached hydrogens (tertiary/aromatic N) is 2. The molecule has 28 heavy (non-hydrogen) atoms. The molecule has 0 saturated heterocycles. The van der Waals surface area contributed by atoms with Gasteiger partial charge in [-0.3, -0.25) is 4.79 Å². The summed E-state index contributed by atoms with van der Waals surface area (Å²) in [6, 6.07) is 6.48. The van der Waals surface area contributed by atoms with E-state index in [4.69, 9.17) is 4.74 Å². The Morgan fingerprint density at radius 1 is 1.25 bits per heavy atom. The van der Waals surface area contributed by atoms with Crippen LogP contribution in [0.15, 0.2) is 35.4 Å². The minimum atomic E-state index is -1.37. The van der Waals surface area contributed by atoms with Crippen LogP contribution in [-0.4, -0.2) is 19.5 Å². The molecule has 0 aliphatic heterocycles. The highest BCUT2D eigenvalue weighted by molar-refractivity contribution is 7.86. The van der Waals surface area contributed by atoms with Crippen molar-refractivity contribution in [3.05, 3.63) is 57.9 Å². The molecular weight excluding hydrogens is 381 g/mol. The van der Waals surface area contributed by atoms with E-state index in [0.717, 1.165) is 12.0 Å². The third-order valence-corrected chi connectivity index (χ3v) is 5.54. The lowest BCUT2D eigenvalue weighted by Gasteiger charge is -2.15. The van der Waals surface area contributed by atoms with E-state index in [1.807, 2.05) is 6.92 Å². The highest BCUT2D eigenvalue weighted by atomic mass is 32.2. The SMILES string of the molecule is CCCS(=O)Nc1cc(C)cc(Oc2ccc3ncn(C)c(=O)c3c2C)c1F. The second-order valence-corrected chi connectivity index (χ2v) is 7.93. The van der Waals surface area contributed by atoms with Gasteiger partial charge in [-0.2, -0.15) is 0 Å². The summed E-state index contributed by atoms with van der Waals surface area (Å²) in [5.74, 6) is 0.152. The molecule has 0 saturated carbocycles. The lowest BCUT2D eigenvalue weighted by Crippen LogP contribution is -2.18. The Hall–Kier alpha value is -2.74. The predicted octanol–water partition coefficient (Wildman–Crippen LogP) is 3.97. The van der Waals surface area contributed by atoms with Crippen molar-refractivity contribution in [1.29, 1.82) is 0 Å². The summed E-state index contributed by atoms with van der Waals surface area (Å²) in [6.45, 7) is 5.44. The van der Waals surface area contributed by atoms with Gasteiger partial charge in [-0.15, -0.1) is 0 Å². The molecule has 0 aliphatic carbocycles. The molecule has 1 aromatic heterocycles. The molecule has 1 unspecified atom stereocenters. The van der Waals surface area contributed by atoms with Gasteiger partial charge >= 0.3 is 0 Å². The van der Waals surface area contributed by atoms with E-state index in [9.17, 15) is 13.4 Å². The number of halogens is 1. The predicted molar refractivity (Wildman–Crippen MR) is 110 cm³/mol. The number of rotatable bonds is 6. The van der Waals surface area contributed by atoms with E-state index < -0.39 is 16.8 Å². The molecule has 0 amide bonds. The van der Waals surface area contributed by atoms with E-state index in [1.165, 1.54) is 10.9 Å². The van der Waals surface area contributed by atoms with Crippen molar-refractivity contribution >= 4 is 27.6 Å². The number of nitrogens with one attached hydrogen (secondary N) is 1. The summed E-state index contributed by atoms with van der Waals surface area (Å²) < 4.78 is 36.8. The Kier molecular flexibility index (Phi) is 5.79. The normalized spacial score (nSPS) is 12.2. The van der Waals surface area contributed by atoms with Gasteiger partial charge in [0.1, 0.15) is 16.7 Å². The number of aromatic nitrogens is 2. The summed E-state index contributed by atoms with van der Waals surface area (Å²) in [7, 11) is 0.250. The van der Waals surface area contributed by atoms with Gasteiger partial charge in [0.05, 0.1) is 22.9 Å². The minimum Gasteiger partial charge on any atom is -0.454 e. The van der Waals surface area contributed by atoms with Gasteiger partial charge in [0.15, 0.2) is 11.6 Å². The Balaban J connectivity index is 2.03. The van der Waals surface area contributed by atoms with Gasteiger partial charge in [0, 0.05) is 18.4 Å². The second-order valence-electron chi connectivity index (χ2n) is 6.62. The van der Waals surface area contributed by atoms with Crippen LogP contribution in [0.4, 0.5) is 10.1 Å². The second kappa shape index (κ2) is 8.10. The number of aryl methyl sites for hydroxylation is 3. The fourth-order valence-electron chi connectivity index (χ4n) is 2.91. The third kappa shape index (κ3) is 3.91. The molecule has 1 atom stereocenters. The van der Waals surface area contributed by atoms with Crippen LogP contribution in [0.25, 0.3) is 10.9 Å². The van der Waals surface area contributed by atoms with Crippen LogP contribution in [0.5, 0.6) is 11.5 Å². The minimum absolute atomic E-state index is 0.000775. The van der Waals surface area contributed by atoms with Gasteiger partial charge in [-0.25, -0.2) is 13.6 Å². The van der Waals surface area contributed by atoms with Crippen LogP contribution < -0.4 is 15.0 Å². The highest BCUT2D eigenvalue weighted by Gasteiger charge is 2.16. The Morgan fingerprint density at radius 2 is 2.00 bits per heavy atom. The number of anilines is 1. The fraction of sp³-hybridized carbons (Fsp3) is 0.300. The maximum Gasteiger partial charge on any atom is 0.261 e. The Bertz CT molecular complexity index is 1130. The van der Waals surface area contributed by atoms with E-state index in [-0.39, 0.29) is 17.0 Å². The summed E-state index contributed by atoms with van der Waals surface area (Å²) >= 11 is 0. The number of hydrogen-bond acceptors (Lipinski definition) is 4. The van der Waals surface area contributed by atoms with Crippen molar-refractivity contribution in [3.8, 4) is 11.5 Å². The zero-order chi connectivity index (χ0) is 20.4. The number of hydrogen-bond donors (Lipinski definition) is 1. The molecule has 3 aromatic rings. The largest absolute Gasteiger partial charge is 0.454 e. The quantitative estimate of drug-likeness (QED) is 0.676. The molecule has 0 radical (unpaired) electrons. The van der Waals surface area contributed by atoms with Crippen LogP contribution in [0.2, 0.25) is 0 Å². The fourth-order valence-corrected chi connectivity index (χ4v) is 3.77. The zero-order valence-corrected chi connectivity index (χ0v) is 17.0. The molecule has 0 spiro atoms. The molecule has 148 valence electrons. The lowest BCUT2D eigenvalue weighted by atomic mass is 10.1. The van der Waals surface area contributed by atoms with Gasteiger partial charge in [0.25, 0.3) is 5.56 Å². The highest BCUT2D eigenvalue weighted by Crippen LogP contribution is 2.34. The first-order chi connectivity index (χ1) is 13.3. The maximum atomic E-state index is 14.9. The van der Waals surface area contributed by atoms with Crippen molar-refractivity contribution in [3.63, 3.8) is 0 Å². The molecule has 0 bridgehead atoms. The average Bonchev–Trinajstić information content (AvgIpc) is 2.64. The van der Waals surface area contributed by atoms with Gasteiger partial charge in [-0.05, 0) is 50.1 Å². The standard InChI is InChI=1S/C20H22FN3O3S/c1-5-8-28(26)23-15-9-12(2)10-17(19(15)21)27-16-7-6-14-18(13(16)3)20(25)24(4)11-22-14/h6-7,9-11,23H,5,8H2,1-4H3.